The van der Waals surface area contributed by atoms with E-state index in [0.717, 1.165) is 10.9 Å². The Morgan fingerprint density at radius 2 is 1.88 bits per heavy atom. The van der Waals surface area contributed by atoms with Crippen LogP contribution in [-0.2, 0) is 9.59 Å². The van der Waals surface area contributed by atoms with Gasteiger partial charge in [0.15, 0.2) is 0 Å². The average molecular weight is 460 g/mol. The molecule has 2 heterocycles. The van der Waals surface area contributed by atoms with Gasteiger partial charge in [-0.25, -0.2) is 9.29 Å². The highest BCUT2D eigenvalue weighted by molar-refractivity contribution is 8.00. The molecule has 2 N–H and O–H groups in total. The number of nitrogens with zero attached hydrogens (tertiary/aromatic N) is 1. The first-order chi connectivity index (χ1) is 16.0. The fraction of sp³-hybridized carbons (Fsp3) is 0.0800. The summed E-state index contributed by atoms with van der Waals surface area (Å²) >= 11 is 1.26. The van der Waals surface area contributed by atoms with Crippen LogP contribution in [0.3, 0.4) is 0 Å². The number of hydrogen-bond donors (Lipinski definition) is 2. The number of carbonyl (C=O) groups excluding carboxylic acids is 3. The maximum absolute atomic E-state index is 13.9. The molecule has 0 bridgehead atoms. The molecule has 0 radical (unpaired) electrons. The molecule has 1 atom stereocenters. The molecule has 1 saturated heterocycles. The predicted molar refractivity (Wildman–Crippen MR) is 126 cm³/mol. The number of aromatic nitrogens is 1. The number of nitrogens with one attached hydrogen (secondary N) is 2. The van der Waals surface area contributed by atoms with Crippen molar-refractivity contribution in [2.24, 2.45) is 0 Å². The number of fused-ring (bicyclic) bond motifs is 1. The normalized spacial score (nSPS) is 15.9. The van der Waals surface area contributed by atoms with Gasteiger partial charge in [-0.05, 0) is 53.9 Å². The van der Waals surface area contributed by atoms with Crippen LogP contribution >= 0.6 is 11.8 Å². The van der Waals surface area contributed by atoms with Gasteiger partial charge in [-0.15, -0.1) is 11.8 Å². The zero-order valence-corrected chi connectivity index (χ0v) is 18.1. The summed E-state index contributed by atoms with van der Waals surface area (Å²) in [7, 11) is 0. The quantitative estimate of drug-likeness (QED) is 0.412. The monoisotopic (exact) mass is 459 g/mol. The van der Waals surface area contributed by atoms with Gasteiger partial charge in [-0.1, -0.05) is 24.3 Å². The number of benzene rings is 3. The van der Waals surface area contributed by atoms with Crippen molar-refractivity contribution in [2.75, 3.05) is 10.2 Å². The lowest BCUT2D eigenvalue weighted by Gasteiger charge is -2.15. The molecule has 0 aliphatic carbocycles. The highest BCUT2D eigenvalue weighted by atomic mass is 32.2. The van der Waals surface area contributed by atoms with Gasteiger partial charge in [-0.2, -0.15) is 0 Å². The minimum Gasteiger partial charge on any atom is -0.361 e. The van der Waals surface area contributed by atoms with E-state index in [1.54, 1.807) is 48.7 Å². The Bertz CT molecular complexity index is 1400. The van der Waals surface area contributed by atoms with Gasteiger partial charge in [-0.3, -0.25) is 14.4 Å². The van der Waals surface area contributed by atoms with Gasteiger partial charge in [0.25, 0.3) is 5.91 Å². The van der Waals surface area contributed by atoms with Crippen molar-refractivity contribution in [1.29, 1.82) is 0 Å². The molecule has 1 aliphatic rings. The Kier molecular flexibility index (Phi) is 5.43. The average Bonchev–Trinajstić information content (AvgIpc) is 3.37. The summed E-state index contributed by atoms with van der Waals surface area (Å²) in [4.78, 5) is 43.1. The molecule has 0 saturated carbocycles. The molecule has 6 nitrogen and oxygen atoms in total. The predicted octanol–water partition coefficient (Wildman–Crippen LogP) is 4.98. The zero-order chi connectivity index (χ0) is 22.9. The highest BCUT2D eigenvalue weighted by Gasteiger charge is 2.40. The third kappa shape index (κ3) is 4.12. The summed E-state index contributed by atoms with van der Waals surface area (Å²) < 4.78 is 13.9. The third-order valence-electron chi connectivity index (χ3n) is 5.39. The molecular formula is C25H18FN3O3S. The minimum absolute atomic E-state index is 0.0539. The van der Waals surface area contributed by atoms with E-state index < -0.39 is 17.0 Å². The van der Waals surface area contributed by atoms with Gasteiger partial charge in [0.05, 0.1) is 16.5 Å². The Morgan fingerprint density at radius 3 is 2.73 bits per heavy atom. The van der Waals surface area contributed by atoms with E-state index in [4.69, 9.17) is 0 Å². The molecule has 1 fully saturated rings. The van der Waals surface area contributed by atoms with Crippen molar-refractivity contribution >= 4 is 51.8 Å². The van der Waals surface area contributed by atoms with Gasteiger partial charge in [0, 0.05) is 28.7 Å². The lowest BCUT2D eigenvalue weighted by molar-refractivity contribution is -0.121. The zero-order valence-electron chi connectivity index (χ0n) is 17.2. The van der Waals surface area contributed by atoms with E-state index >= 15 is 0 Å². The molecule has 5 rings (SSSR count). The molecule has 4 aromatic rings. The summed E-state index contributed by atoms with van der Waals surface area (Å²) in [5, 5.41) is 3.10. The van der Waals surface area contributed by atoms with Crippen LogP contribution in [0, 0.1) is 5.82 Å². The summed E-state index contributed by atoms with van der Waals surface area (Å²) in [5.41, 5.74) is 1.80. The first kappa shape index (κ1) is 21.0. The van der Waals surface area contributed by atoms with E-state index in [2.05, 4.69) is 10.3 Å². The molecule has 1 unspecified atom stereocenters. The smallest absolute Gasteiger partial charge is 0.258 e. The van der Waals surface area contributed by atoms with Crippen LogP contribution in [0.1, 0.15) is 16.8 Å². The van der Waals surface area contributed by atoms with Gasteiger partial charge in [0.2, 0.25) is 11.8 Å². The van der Waals surface area contributed by atoms with Crippen molar-refractivity contribution in [3.05, 3.63) is 90.4 Å². The molecule has 3 amide bonds. The molecular weight excluding hydrogens is 441 g/mol. The number of thioether (sulfide) groups is 1. The Labute approximate surface area is 192 Å². The van der Waals surface area contributed by atoms with E-state index in [1.807, 2.05) is 12.1 Å². The summed E-state index contributed by atoms with van der Waals surface area (Å²) in [6, 6.07) is 20.0. The topological polar surface area (TPSA) is 82.3 Å². The number of imide groups is 1. The van der Waals surface area contributed by atoms with Gasteiger partial charge < -0.3 is 10.3 Å². The lowest BCUT2D eigenvalue weighted by atomic mass is 10.2. The summed E-state index contributed by atoms with van der Waals surface area (Å²) in [6.45, 7) is 0. The van der Waals surface area contributed by atoms with E-state index in [0.29, 0.717) is 16.3 Å². The Balaban J connectivity index is 1.31. The molecule has 8 heteroatoms. The van der Waals surface area contributed by atoms with Crippen LogP contribution in [0.5, 0.6) is 0 Å². The molecule has 164 valence electrons. The second kappa shape index (κ2) is 8.55. The minimum atomic E-state index is -0.603. The fourth-order valence-corrected chi connectivity index (χ4v) is 4.91. The number of rotatable bonds is 5. The van der Waals surface area contributed by atoms with Crippen molar-refractivity contribution < 1.29 is 18.8 Å². The van der Waals surface area contributed by atoms with Crippen LogP contribution in [-0.4, -0.2) is 28.0 Å². The maximum Gasteiger partial charge on any atom is 0.258 e. The van der Waals surface area contributed by atoms with Crippen LogP contribution < -0.4 is 10.2 Å². The molecule has 3 aromatic carbocycles. The number of H-pyrrole nitrogens is 1. The van der Waals surface area contributed by atoms with E-state index in [1.165, 1.54) is 34.9 Å². The molecule has 1 aliphatic heterocycles. The van der Waals surface area contributed by atoms with Crippen LogP contribution in [0.4, 0.5) is 15.8 Å². The summed E-state index contributed by atoms with van der Waals surface area (Å²) in [5.74, 6) is -1.70. The second-order valence-corrected chi connectivity index (χ2v) is 8.87. The number of amides is 3. The fourth-order valence-electron chi connectivity index (χ4n) is 3.80. The number of carbonyl (C=O) groups is 3. The molecule has 33 heavy (non-hydrogen) atoms. The van der Waals surface area contributed by atoms with Gasteiger partial charge in [0.1, 0.15) is 5.82 Å². The standard InChI is InChI=1S/C25H18FN3O3S/c26-20-7-2-1-6-19(20)24(31)28-16-4-3-5-18(12-16)33-22-14-23(30)29(25(22)32)17-9-8-15-10-11-27-21(15)13-17/h1-13,22,27H,14H2,(H,28,31). The SMILES string of the molecule is O=C(Nc1cccc(SC2CC(=O)N(c3ccc4cc[nH]c4c3)C2=O)c1)c1ccccc1F. The van der Waals surface area contributed by atoms with E-state index in [-0.39, 0.29) is 23.8 Å². The Hall–Kier alpha value is -3.91. The van der Waals surface area contributed by atoms with Crippen molar-refractivity contribution in [2.45, 2.75) is 16.6 Å². The number of anilines is 2. The molecule has 0 spiro atoms. The number of aromatic amines is 1. The van der Waals surface area contributed by atoms with Crippen molar-refractivity contribution in [3.8, 4) is 0 Å². The van der Waals surface area contributed by atoms with E-state index in [9.17, 15) is 18.8 Å². The van der Waals surface area contributed by atoms with Crippen LogP contribution in [0.2, 0.25) is 0 Å². The lowest BCUT2D eigenvalue weighted by Crippen LogP contribution is -2.31. The second-order valence-electron chi connectivity index (χ2n) is 7.59. The van der Waals surface area contributed by atoms with Crippen molar-refractivity contribution in [1.82, 2.24) is 4.98 Å². The first-order valence-electron chi connectivity index (χ1n) is 10.3. The number of halogens is 1. The first-order valence-corrected chi connectivity index (χ1v) is 11.1. The van der Waals surface area contributed by atoms with Gasteiger partial charge >= 0.3 is 0 Å². The maximum atomic E-state index is 13.9. The summed E-state index contributed by atoms with van der Waals surface area (Å²) in [6.07, 6.45) is 1.89. The molecule has 1 aromatic heterocycles. The van der Waals surface area contributed by atoms with Crippen LogP contribution in [0.15, 0.2) is 83.9 Å². The van der Waals surface area contributed by atoms with Crippen LogP contribution in [0.25, 0.3) is 10.9 Å². The number of hydrogen-bond acceptors (Lipinski definition) is 4. The Morgan fingerprint density at radius 1 is 1.03 bits per heavy atom. The largest absolute Gasteiger partial charge is 0.361 e. The third-order valence-corrected chi connectivity index (χ3v) is 6.57. The van der Waals surface area contributed by atoms with Crippen molar-refractivity contribution in [3.63, 3.8) is 0 Å². The highest BCUT2D eigenvalue weighted by Crippen LogP contribution is 2.35.